The van der Waals surface area contributed by atoms with Crippen molar-refractivity contribution in [3.05, 3.63) is 34.3 Å². The average Bonchev–Trinajstić information content (AvgIpc) is 2.98. The smallest absolute Gasteiger partial charge is 0.203 e. The molecule has 104 valence electrons. The van der Waals surface area contributed by atoms with Crippen LogP contribution in [0.15, 0.2) is 23.7 Å². The molecule has 0 aliphatic rings. The minimum Gasteiger partial charge on any atom is -0.383 e. The van der Waals surface area contributed by atoms with Gasteiger partial charge >= 0.3 is 0 Å². The lowest BCUT2D eigenvalue weighted by Gasteiger charge is -2.18. The van der Waals surface area contributed by atoms with Gasteiger partial charge in [-0.1, -0.05) is 6.07 Å². The van der Waals surface area contributed by atoms with Gasteiger partial charge in [-0.25, -0.2) is 4.98 Å². The largest absolute Gasteiger partial charge is 0.383 e. The van der Waals surface area contributed by atoms with Crippen molar-refractivity contribution in [3.8, 4) is 0 Å². The van der Waals surface area contributed by atoms with Crippen molar-refractivity contribution in [2.24, 2.45) is 0 Å². The molecule has 4 nitrogen and oxygen atoms in total. The number of ether oxygens (including phenoxy) is 1. The summed E-state index contributed by atoms with van der Waals surface area (Å²) in [5.74, 6) is 0.906. The van der Waals surface area contributed by atoms with Gasteiger partial charge in [0.05, 0.1) is 18.3 Å². The Kier molecular flexibility index (Phi) is 4.61. The van der Waals surface area contributed by atoms with Crippen molar-refractivity contribution < 1.29 is 4.74 Å². The lowest BCUT2D eigenvalue weighted by atomic mass is 10.2. The zero-order valence-electron chi connectivity index (χ0n) is 11.9. The molecule has 0 amide bonds. The van der Waals surface area contributed by atoms with Crippen molar-refractivity contribution in [1.29, 1.82) is 0 Å². The van der Waals surface area contributed by atoms with Crippen LogP contribution in [-0.2, 0) is 4.74 Å². The van der Waals surface area contributed by atoms with Crippen molar-refractivity contribution in [2.45, 2.75) is 32.9 Å². The maximum Gasteiger partial charge on any atom is 0.203 e. The molecule has 0 fully saturated rings. The van der Waals surface area contributed by atoms with Crippen LogP contribution in [0.3, 0.4) is 0 Å². The number of hydrogen-bond donors (Lipinski definition) is 1. The first-order chi connectivity index (χ1) is 9.11. The van der Waals surface area contributed by atoms with Crippen LogP contribution in [0.4, 0.5) is 5.95 Å². The highest BCUT2D eigenvalue weighted by atomic mass is 32.1. The SMILES string of the molecule is COCC(C)Nc1nc(C)cn1C(C)c1cccs1. The lowest BCUT2D eigenvalue weighted by Crippen LogP contribution is -2.23. The van der Waals surface area contributed by atoms with E-state index in [2.05, 4.69) is 52.4 Å². The summed E-state index contributed by atoms with van der Waals surface area (Å²) in [7, 11) is 1.71. The number of anilines is 1. The van der Waals surface area contributed by atoms with E-state index >= 15 is 0 Å². The molecule has 0 aliphatic carbocycles. The minimum atomic E-state index is 0.237. The van der Waals surface area contributed by atoms with Crippen LogP contribution >= 0.6 is 11.3 Å². The number of rotatable bonds is 6. The van der Waals surface area contributed by atoms with Gasteiger partial charge in [-0.2, -0.15) is 0 Å². The molecule has 2 rings (SSSR count). The lowest BCUT2D eigenvalue weighted by molar-refractivity contribution is 0.190. The Bertz CT molecular complexity index is 507. The number of nitrogens with zero attached hydrogens (tertiary/aromatic N) is 2. The second-order valence-electron chi connectivity index (χ2n) is 4.81. The average molecular weight is 279 g/mol. The van der Waals surface area contributed by atoms with Crippen molar-refractivity contribution in [2.75, 3.05) is 19.0 Å². The Morgan fingerprint density at radius 3 is 2.89 bits per heavy atom. The van der Waals surface area contributed by atoms with E-state index in [4.69, 9.17) is 4.74 Å². The van der Waals surface area contributed by atoms with Gasteiger partial charge in [-0.15, -0.1) is 11.3 Å². The van der Waals surface area contributed by atoms with Gasteiger partial charge in [-0.3, -0.25) is 0 Å². The van der Waals surface area contributed by atoms with E-state index in [1.165, 1.54) is 4.88 Å². The first-order valence-electron chi connectivity index (χ1n) is 6.46. The van der Waals surface area contributed by atoms with Crippen LogP contribution in [0.25, 0.3) is 0 Å². The fourth-order valence-corrected chi connectivity index (χ4v) is 2.88. The molecule has 2 unspecified atom stereocenters. The highest BCUT2D eigenvalue weighted by molar-refractivity contribution is 7.10. The Labute approximate surface area is 118 Å². The van der Waals surface area contributed by atoms with E-state index in [1.807, 2.05) is 6.92 Å². The fourth-order valence-electron chi connectivity index (χ4n) is 2.10. The molecule has 0 aromatic carbocycles. The number of imidazole rings is 1. The van der Waals surface area contributed by atoms with E-state index in [0.29, 0.717) is 12.6 Å². The van der Waals surface area contributed by atoms with E-state index in [0.717, 1.165) is 11.6 Å². The molecule has 0 spiro atoms. The molecule has 2 aromatic heterocycles. The van der Waals surface area contributed by atoms with Crippen LogP contribution in [0, 0.1) is 6.92 Å². The third-order valence-electron chi connectivity index (χ3n) is 3.02. The zero-order valence-corrected chi connectivity index (χ0v) is 12.7. The molecule has 2 aromatic rings. The summed E-state index contributed by atoms with van der Waals surface area (Å²) in [6, 6.07) is 4.77. The molecule has 1 N–H and O–H groups in total. The first-order valence-corrected chi connectivity index (χ1v) is 7.34. The number of aromatic nitrogens is 2. The third-order valence-corrected chi connectivity index (χ3v) is 4.06. The maximum absolute atomic E-state index is 5.16. The van der Waals surface area contributed by atoms with E-state index < -0.39 is 0 Å². The van der Waals surface area contributed by atoms with Gasteiger partial charge in [0.1, 0.15) is 0 Å². The van der Waals surface area contributed by atoms with Gasteiger partial charge in [0.25, 0.3) is 0 Å². The molecule has 2 heterocycles. The molecular formula is C14H21N3OS. The molecule has 0 bridgehead atoms. The summed E-state index contributed by atoms with van der Waals surface area (Å²) in [6.45, 7) is 6.97. The Hall–Kier alpha value is -1.33. The zero-order chi connectivity index (χ0) is 13.8. The topological polar surface area (TPSA) is 39.1 Å². The van der Waals surface area contributed by atoms with Gasteiger partial charge in [-0.05, 0) is 32.2 Å². The van der Waals surface area contributed by atoms with Gasteiger partial charge < -0.3 is 14.6 Å². The van der Waals surface area contributed by atoms with Gasteiger partial charge in [0.2, 0.25) is 5.95 Å². The maximum atomic E-state index is 5.16. The van der Waals surface area contributed by atoms with Gasteiger partial charge in [0, 0.05) is 24.2 Å². The summed E-state index contributed by atoms with van der Waals surface area (Å²) in [6.07, 6.45) is 2.09. The highest BCUT2D eigenvalue weighted by Crippen LogP contribution is 2.26. The molecule has 0 radical (unpaired) electrons. The standard InChI is InChI=1S/C14H21N3OS/c1-10-8-17(12(3)13-6-5-7-19-13)14(15-10)16-11(2)9-18-4/h5-8,11-12H,9H2,1-4H3,(H,15,16). The quantitative estimate of drug-likeness (QED) is 0.881. The highest BCUT2D eigenvalue weighted by Gasteiger charge is 2.15. The van der Waals surface area contributed by atoms with Crippen molar-refractivity contribution in [3.63, 3.8) is 0 Å². The summed E-state index contributed by atoms with van der Waals surface area (Å²) >= 11 is 1.77. The number of methoxy groups -OCH3 is 1. The second kappa shape index (κ2) is 6.21. The molecule has 0 aliphatic heterocycles. The van der Waals surface area contributed by atoms with Crippen LogP contribution in [-0.4, -0.2) is 29.3 Å². The Morgan fingerprint density at radius 1 is 1.47 bits per heavy atom. The number of thiophene rings is 1. The van der Waals surface area contributed by atoms with E-state index in [1.54, 1.807) is 18.4 Å². The predicted octanol–water partition coefficient (Wildman–Crippen LogP) is 3.31. The summed E-state index contributed by atoms with van der Waals surface area (Å²) in [5.41, 5.74) is 1.02. The first kappa shape index (κ1) is 14.1. The van der Waals surface area contributed by atoms with Crippen LogP contribution in [0.1, 0.15) is 30.5 Å². The predicted molar refractivity (Wildman–Crippen MR) is 80.1 cm³/mol. The fraction of sp³-hybridized carbons (Fsp3) is 0.500. The van der Waals surface area contributed by atoms with Gasteiger partial charge in [0.15, 0.2) is 0 Å². The van der Waals surface area contributed by atoms with E-state index in [9.17, 15) is 0 Å². The molecular weight excluding hydrogens is 258 g/mol. The normalized spacial score (nSPS) is 14.3. The van der Waals surface area contributed by atoms with Crippen molar-refractivity contribution >= 4 is 17.3 Å². The number of nitrogens with one attached hydrogen (secondary N) is 1. The molecule has 5 heteroatoms. The molecule has 2 atom stereocenters. The monoisotopic (exact) mass is 279 g/mol. The third kappa shape index (κ3) is 3.36. The summed E-state index contributed by atoms with van der Waals surface area (Å²) in [5, 5.41) is 5.51. The van der Waals surface area contributed by atoms with Crippen LogP contribution in [0.2, 0.25) is 0 Å². The minimum absolute atomic E-state index is 0.237. The van der Waals surface area contributed by atoms with Crippen LogP contribution in [0.5, 0.6) is 0 Å². The number of hydrogen-bond acceptors (Lipinski definition) is 4. The van der Waals surface area contributed by atoms with Crippen molar-refractivity contribution in [1.82, 2.24) is 9.55 Å². The van der Waals surface area contributed by atoms with E-state index in [-0.39, 0.29) is 6.04 Å². The Balaban J connectivity index is 2.20. The molecule has 19 heavy (non-hydrogen) atoms. The second-order valence-corrected chi connectivity index (χ2v) is 5.78. The summed E-state index contributed by atoms with van der Waals surface area (Å²) in [4.78, 5) is 5.90. The molecule has 0 saturated carbocycles. The Morgan fingerprint density at radius 2 is 2.26 bits per heavy atom. The number of aryl methyl sites for hydroxylation is 1. The van der Waals surface area contributed by atoms with Crippen LogP contribution < -0.4 is 5.32 Å². The molecule has 0 saturated heterocycles. The summed E-state index contributed by atoms with van der Waals surface area (Å²) < 4.78 is 7.35.